The first-order valence-electron chi connectivity index (χ1n) is 9.95. The zero-order chi connectivity index (χ0) is 23.0. The lowest BCUT2D eigenvalue weighted by Gasteiger charge is -2.11. The lowest BCUT2D eigenvalue weighted by molar-refractivity contribution is -0.121. The summed E-state index contributed by atoms with van der Waals surface area (Å²) in [4.78, 5) is 12.2. The second-order valence-electron chi connectivity index (χ2n) is 6.96. The molecule has 0 radical (unpaired) electrons. The highest BCUT2D eigenvalue weighted by Crippen LogP contribution is 2.29. The van der Waals surface area contributed by atoms with E-state index < -0.39 is 10.0 Å². The molecule has 2 N–H and O–H groups in total. The van der Waals surface area contributed by atoms with Crippen molar-refractivity contribution in [3.63, 3.8) is 0 Å². The topological polar surface area (TPSA) is 112 Å². The summed E-state index contributed by atoms with van der Waals surface area (Å²) in [5.41, 5.74) is 2.03. The molecule has 2 aromatic carbocycles. The van der Waals surface area contributed by atoms with Gasteiger partial charge in [0, 0.05) is 38.0 Å². The van der Waals surface area contributed by atoms with Gasteiger partial charge in [-0.25, -0.2) is 13.1 Å². The highest BCUT2D eigenvalue weighted by molar-refractivity contribution is 7.89. The van der Waals surface area contributed by atoms with Crippen LogP contribution in [0.4, 0.5) is 0 Å². The number of hydrogen-bond donors (Lipinski definition) is 2. The second-order valence-corrected chi connectivity index (χ2v) is 8.73. The van der Waals surface area contributed by atoms with E-state index in [2.05, 4.69) is 15.1 Å². The Kier molecular flexibility index (Phi) is 7.85. The predicted molar refractivity (Wildman–Crippen MR) is 119 cm³/mol. The van der Waals surface area contributed by atoms with Crippen molar-refractivity contribution in [1.29, 1.82) is 0 Å². The number of nitrogens with one attached hydrogen (secondary N) is 2. The third kappa shape index (κ3) is 6.32. The summed E-state index contributed by atoms with van der Waals surface area (Å²) in [5, 5.41) is 7.00. The molecule has 0 atom stereocenters. The van der Waals surface area contributed by atoms with Crippen LogP contribution in [0.3, 0.4) is 0 Å². The number of benzene rings is 2. The van der Waals surface area contributed by atoms with E-state index in [0.717, 1.165) is 11.1 Å². The summed E-state index contributed by atoms with van der Waals surface area (Å²) < 4.78 is 39.5. The molecule has 0 saturated heterocycles. The van der Waals surface area contributed by atoms with Gasteiger partial charge in [-0.15, -0.1) is 0 Å². The minimum absolute atomic E-state index is 0.0134. The molecule has 1 heterocycles. The van der Waals surface area contributed by atoms with Crippen LogP contribution < -0.4 is 19.5 Å². The third-order valence-electron chi connectivity index (χ3n) is 4.69. The van der Waals surface area contributed by atoms with E-state index in [9.17, 15) is 13.2 Å². The minimum atomic E-state index is -3.78. The zero-order valence-electron chi connectivity index (χ0n) is 17.9. The van der Waals surface area contributed by atoms with Gasteiger partial charge in [-0.3, -0.25) is 9.48 Å². The van der Waals surface area contributed by atoms with Crippen LogP contribution in [0.2, 0.25) is 0 Å². The van der Waals surface area contributed by atoms with Gasteiger partial charge < -0.3 is 14.8 Å². The van der Waals surface area contributed by atoms with Crippen LogP contribution in [0, 0.1) is 0 Å². The Balaban J connectivity index is 1.48. The highest BCUT2D eigenvalue weighted by atomic mass is 32.2. The van der Waals surface area contributed by atoms with Crippen LogP contribution in [0.25, 0.3) is 0 Å². The van der Waals surface area contributed by atoms with Crippen molar-refractivity contribution in [2.75, 3.05) is 20.8 Å². The number of aromatic nitrogens is 2. The number of carbonyl (C=O) groups excluding carboxylic acids is 1. The van der Waals surface area contributed by atoms with Gasteiger partial charge in [0.25, 0.3) is 0 Å². The van der Waals surface area contributed by atoms with Crippen molar-refractivity contribution < 1.29 is 22.7 Å². The van der Waals surface area contributed by atoms with E-state index >= 15 is 0 Å². The van der Waals surface area contributed by atoms with E-state index in [1.807, 2.05) is 41.2 Å². The molecule has 1 aromatic heterocycles. The molecule has 0 aliphatic carbocycles. The van der Waals surface area contributed by atoms with Crippen LogP contribution in [0.15, 0.2) is 65.8 Å². The molecule has 9 nitrogen and oxygen atoms in total. The summed E-state index contributed by atoms with van der Waals surface area (Å²) in [7, 11) is -0.884. The van der Waals surface area contributed by atoms with Crippen molar-refractivity contribution in [1.82, 2.24) is 19.8 Å². The largest absolute Gasteiger partial charge is 0.493 e. The molecular weight excluding hydrogens is 432 g/mol. The Labute approximate surface area is 187 Å². The fourth-order valence-electron chi connectivity index (χ4n) is 3.07. The maximum Gasteiger partial charge on any atom is 0.240 e. The van der Waals surface area contributed by atoms with Gasteiger partial charge in [0.15, 0.2) is 11.5 Å². The molecule has 0 fully saturated rings. The molecule has 1 amide bonds. The molecule has 0 saturated carbocycles. The average Bonchev–Trinajstić information content (AvgIpc) is 3.30. The maximum atomic E-state index is 12.5. The Bertz CT molecular complexity index is 1150. The second kappa shape index (κ2) is 10.8. The fourth-order valence-corrected chi connectivity index (χ4v) is 4.12. The van der Waals surface area contributed by atoms with Crippen LogP contribution in [0.5, 0.6) is 11.5 Å². The summed E-state index contributed by atoms with van der Waals surface area (Å²) in [5.74, 6) is 0.486. The van der Waals surface area contributed by atoms with Crippen LogP contribution in [0.1, 0.15) is 17.5 Å². The van der Waals surface area contributed by atoms with E-state index in [1.165, 1.54) is 32.4 Å². The van der Waals surface area contributed by atoms with E-state index in [-0.39, 0.29) is 23.8 Å². The quantitative estimate of drug-likeness (QED) is 0.454. The standard InChI is InChI=1S/C22H26N4O5S/c1-30-20-8-7-19(14-21(20)31-2)32(28,29)25-11-9-22(27)23-15-17-5-3-6-18(13-17)16-26-12-4-10-24-26/h3-8,10,12-14,25H,9,11,15-16H2,1-2H3,(H,23,27). The number of nitrogens with zero attached hydrogens (tertiary/aromatic N) is 2. The summed E-state index contributed by atoms with van der Waals surface area (Å²) in [6.45, 7) is 0.975. The number of rotatable bonds is 11. The number of carbonyl (C=O) groups is 1. The van der Waals surface area contributed by atoms with Crippen LogP contribution in [-0.4, -0.2) is 44.9 Å². The average molecular weight is 459 g/mol. The lowest BCUT2D eigenvalue weighted by atomic mass is 10.1. The van der Waals surface area contributed by atoms with E-state index in [1.54, 1.807) is 6.20 Å². The van der Waals surface area contributed by atoms with Gasteiger partial charge in [-0.2, -0.15) is 5.10 Å². The van der Waals surface area contributed by atoms with Gasteiger partial charge in [0.05, 0.1) is 25.7 Å². The summed E-state index contributed by atoms with van der Waals surface area (Å²) in [6, 6.07) is 14.0. The van der Waals surface area contributed by atoms with Gasteiger partial charge >= 0.3 is 0 Å². The maximum absolute atomic E-state index is 12.5. The van der Waals surface area contributed by atoms with Crippen molar-refractivity contribution in [3.8, 4) is 11.5 Å². The third-order valence-corrected chi connectivity index (χ3v) is 6.15. The molecule has 0 aliphatic rings. The Morgan fingerprint density at radius 1 is 1.03 bits per heavy atom. The Morgan fingerprint density at radius 3 is 2.53 bits per heavy atom. The van der Waals surface area contributed by atoms with Crippen molar-refractivity contribution in [2.24, 2.45) is 0 Å². The van der Waals surface area contributed by atoms with Crippen molar-refractivity contribution in [3.05, 3.63) is 72.1 Å². The van der Waals surface area contributed by atoms with E-state index in [0.29, 0.717) is 24.6 Å². The van der Waals surface area contributed by atoms with E-state index in [4.69, 9.17) is 9.47 Å². The molecule has 32 heavy (non-hydrogen) atoms. The summed E-state index contributed by atoms with van der Waals surface area (Å²) in [6.07, 6.45) is 3.63. The highest BCUT2D eigenvalue weighted by Gasteiger charge is 2.17. The van der Waals surface area contributed by atoms with Gasteiger partial charge in [-0.1, -0.05) is 24.3 Å². The Morgan fingerprint density at radius 2 is 1.81 bits per heavy atom. The Hall–Kier alpha value is -3.37. The number of hydrogen-bond acceptors (Lipinski definition) is 6. The summed E-state index contributed by atoms with van der Waals surface area (Å²) >= 11 is 0. The molecule has 170 valence electrons. The van der Waals surface area contributed by atoms with Crippen LogP contribution >= 0.6 is 0 Å². The first kappa shape index (κ1) is 23.3. The van der Waals surface area contributed by atoms with Gasteiger partial charge in [-0.05, 0) is 29.3 Å². The molecule has 0 aliphatic heterocycles. The molecule has 3 rings (SSSR count). The molecule has 0 unspecified atom stereocenters. The van der Waals surface area contributed by atoms with Crippen LogP contribution in [-0.2, 0) is 27.9 Å². The number of ether oxygens (including phenoxy) is 2. The fraction of sp³-hybridized carbons (Fsp3) is 0.273. The normalized spacial score (nSPS) is 11.2. The lowest BCUT2D eigenvalue weighted by Crippen LogP contribution is -2.30. The van der Waals surface area contributed by atoms with Crippen molar-refractivity contribution >= 4 is 15.9 Å². The number of amides is 1. The van der Waals surface area contributed by atoms with Gasteiger partial charge in [0.1, 0.15) is 0 Å². The monoisotopic (exact) mass is 458 g/mol. The van der Waals surface area contributed by atoms with Crippen molar-refractivity contribution in [2.45, 2.75) is 24.4 Å². The predicted octanol–water partition coefficient (Wildman–Crippen LogP) is 1.93. The zero-order valence-corrected chi connectivity index (χ0v) is 18.8. The SMILES string of the molecule is COc1ccc(S(=O)(=O)NCCC(=O)NCc2cccc(Cn3cccn3)c2)cc1OC. The minimum Gasteiger partial charge on any atom is -0.493 e. The molecular formula is C22H26N4O5S. The number of methoxy groups -OCH3 is 2. The number of sulfonamides is 1. The molecule has 10 heteroatoms. The molecule has 3 aromatic rings. The first-order chi connectivity index (χ1) is 15.4. The molecule has 0 spiro atoms. The molecule has 0 bridgehead atoms. The smallest absolute Gasteiger partial charge is 0.240 e. The first-order valence-corrected chi connectivity index (χ1v) is 11.4. The van der Waals surface area contributed by atoms with Gasteiger partial charge in [0.2, 0.25) is 15.9 Å².